The molecule has 0 radical (unpaired) electrons. The van der Waals surface area contributed by atoms with Gasteiger partial charge in [0.1, 0.15) is 5.82 Å². The molecule has 2 amide bonds. The van der Waals surface area contributed by atoms with Gasteiger partial charge in [0.2, 0.25) is 11.8 Å². The lowest BCUT2D eigenvalue weighted by Gasteiger charge is -2.20. The fourth-order valence-electron chi connectivity index (χ4n) is 3.39. The Bertz CT molecular complexity index is 798. The third-order valence-electron chi connectivity index (χ3n) is 4.81. The summed E-state index contributed by atoms with van der Waals surface area (Å²) in [6.07, 6.45) is 6.34. The fourth-order valence-corrected chi connectivity index (χ4v) is 4.25. The molecule has 1 aromatic carbocycles. The second kappa shape index (κ2) is 9.08. The van der Waals surface area contributed by atoms with Crippen LogP contribution in [0, 0.1) is 18.7 Å². The molecule has 7 heteroatoms. The molecule has 144 valence electrons. The van der Waals surface area contributed by atoms with Gasteiger partial charge in [0.25, 0.3) is 0 Å². The Morgan fingerprint density at radius 1 is 1.15 bits per heavy atom. The van der Waals surface area contributed by atoms with Gasteiger partial charge in [-0.2, -0.15) is 0 Å². The third-order valence-corrected chi connectivity index (χ3v) is 5.69. The van der Waals surface area contributed by atoms with Crippen molar-refractivity contribution in [2.24, 2.45) is 5.92 Å². The van der Waals surface area contributed by atoms with Gasteiger partial charge in [-0.25, -0.2) is 9.37 Å². The van der Waals surface area contributed by atoms with E-state index in [9.17, 15) is 14.0 Å². The van der Waals surface area contributed by atoms with E-state index in [2.05, 4.69) is 15.6 Å². The van der Waals surface area contributed by atoms with Gasteiger partial charge < -0.3 is 10.6 Å². The van der Waals surface area contributed by atoms with E-state index in [-0.39, 0.29) is 24.2 Å². The van der Waals surface area contributed by atoms with Crippen LogP contribution in [0.1, 0.15) is 43.4 Å². The van der Waals surface area contributed by atoms with E-state index in [0.29, 0.717) is 17.5 Å². The predicted octanol–water partition coefficient (Wildman–Crippen LogP) is 4.28. The molecule has 2 N–H and O–H groups in total. The highest BCUT2D eigenvalue weighted by atomic mass is 32.1. The Morgan fingerprint density at radius 2 is 1.85 bits per heavy atom. The van der Waals surface area contributed by atoms with Gasteiger partial charge in [-0.1, -0.05) is 19.3 Å². The summed E-state index contributed by atoms with van der Waals surface area (Å²) in [6, 6.07) is 6.09. The van der Waals surface area contributed by atoms with Crippen LogP contribution in [0.25, 0.3) is 11.3 Å². The highest BCUT2D eigenvalue weighted by Gasteiger charge is 2.18. The quantitative estimate of drug-likeness (QED) is 0.774. The molecule has 5 nitrogen and oxygen atoms in total. The molecule has 0 bridgehead atoms. The molecule has 1 saturated carbocycles. The zero-order valence-corrected chi connectivity index (χ0v) is 16.2. The van der Waals surface area contributed by atoms with Crippen LogP contribution in [0.15, 0.2) is 24.3 Å². The largest absolute Gasteiger partial charge is 0.347 e. The second-order valence-corrected chi connectivity index (χ2v) is 8.17. The van der Waals surface area contributed by atoms with Crippen LogP contribution in [0.5, 0.6) is 0 Å². The maximum Gasteiger partial charge on any atom is 0.245 e. The molecule has 1 aliphatic carbocycles. The summed E-state index contributed by atoms with van der Waals surface area (Å²) in [5.41, 5.74) is 1.52. The van der Waals surface area contributed by atoms with Gasteiger partial charge in [0.15, 0.2) is 5.13 Å². The number of thiazole rings is 1. The zero-order valence-electron chi connectivity index (χ0n) is 15.4. The first-order valence-electron chi connectivity index (χ1n) is 9.31. The van der Waals surface area contributed by atoms with Crippen molar-refractivity contribution in [1.29, 1.82) is 0 Å². The molecule has 1 heterocycles. The van der Waals surface area contributed by atoms with Crippen molar-refractivity contribution in [1.82, 2.24) is 10.3 Å². The van der Waals surface area contributed by atoms with E-state index in [1.54, 1.807) is 12.1 Å². The normalized spacial score (nSPS) is 14.7. The fraction of sp³-hybridized carbons (Fsp3) is 0.450. The first kappa shape index (κ1) is 19.5. The molecule has 0 atom stereocenters. The first-order valence-corrected chi connectivity index (χ1v) is 10.1. The monoisotopic (exact) mass is 389 g/mol. The number of amides is 2. The number of carbonyl (C=O) groups excluding carboxylic acids is 2. The highest BCUT2D eigenvalue weighted by Crippen LogP contribution is 2.30. The molecule has 27 heavy (non-hydrogen) atoms. The van der Waals surface area contributed by atoms with Crippen LogP contribution < -0.4 is 10.6 Å². The van der Waals surface area contributed by atoms with E-state index < -0.39 is 0 Å². The van der Waals surface area contributed by atoms with E-state index in [4.69, 9.17) is 0 Å². The average molecular weight is 389 g/mol. The van der Waals surface area contributed by atoms with Crippen molar-refractivity contribution in [2.75, 3.05) is 11.9 Å². The van der Waals surface area contributed by atoms with Gasteiger partial charge in [-0.3, -0.25) is 9.59 Å². The average Bonchev–Trinajstić information content (AvgIpc) is 3.01. The summed E-state index contributed by atoms with van der Waals surface area (Å²) in [5, 5.41) is 5.89. The van der Waals surface area contributed by atoms with Crippen molar-refractivity contribution in [3.63, 3.8) is 0 Å². The third kappa shape index (κ3) is 5.60. The summed E-state index contributed by atoms with van der Waals surface area (Å²) in [7, 11) is 0. The van der Waals surface area contributed by atoms with Gasteiger partial charge in [-0.15, -0.1) is 11.3 Å². The Morgan fingerprint density at radius 3 is 2.56 bits per heavy atom. The number of benzene rings is 1. The lowest BCUT2D eigenvalue weighted by Crippen LogP contribution is -2.34. The maximum atomic E-state index is 13.1. The first-order chi connectivity index (χ1) is 13.0. The number of nitrogens with zero attached hydrogens (tertiary/aromatic N) is 1. The SMILES string of the molecule is Cc1sc(NC(=O)CNC(=O)CC2CCCCC2)nc1-c1ccc(F)cc1. The number of anilines is 1. The molecule has 1 aliphatic rings. The number of hydrogen-bond acceptors (Lipinski definition) is 4. The van der Waals surface area contributed by atoms with Crippen LogP contribution in [0.2, 0.25) is 0 Å². The number of rotatable bonds is 6. The van der Waals surface area contributed by atoms with E-state index in [0.717, 1.165) is 29.0 Å². The summed E-state index contributed by atoms with van der Waals surface area (Å²) in [6.45, 7) is 1.84. The topological polar surface area (TPSA) is 71.1 Å². The number of hydrogen-bond donors (Lipinski definition) is 2. The molecule has 0 unspecified atom stereocenters. The lowest BCUT2D eigenvalue weighted by molar-refractivity contribution is -0.125. The van der Waals surface area contributed by atoms with E-state index >= 15 is 0 Å². The van der Waals surface area contributed by atoms with Crippen LogP contribution >= 0.6 is 11.3 Å². The number of halogens is 1. The van der Waals surface area contributed by atoms with E-state index in [1.807, 2.05) is 6.92 Å². The maximum absolute atomic E-state index is 13.1. The minimum atomic E-state index is -0.302. The van der Waals surface area contributed by atoms with Crippen molar-refractivity contribution >= 4 is 28.3 Å². The molecular weight excluding hydrogens is 365 g/mol. The van der Waals surface area contributed by atoms with Crippen LogP contribution in [-0.4, -0.2) is 23.3 Å². The molecule has 3 rings (SSSR count). The number of aryl methyl sites for hydroxylation is 1. The Balaban J connectivity index is 1.50. The lowest BCUT2D eigenvalue weighted by atomic mass is 9.87. The van der Waals surface area contributed by atoms with E-state index in [1.165, 1.54) is 42.7 Å². The Hall–Kier alpha value is -2.28. The van der Waals surface area contributed by atoms with Gasteiger partial charge in [-0.05, 0) is 49.9 Å². The molecule has 0 saturated heterocycles. The molecule has 2 aromatic rings. The smallest absolute Gasteiger partial charge is 0.245 e. The highest BCUT2D eigenvalue weighted by molar-refractivity contribution is 7.16. The Kier molecular flexibility index (Phi) is 6.55. The molecule has 1 fully saturated rings. The van der Waals surface area contributed by atoms with Gasteiger partial charge >= 0.3 is 0 Å². The van der Waals surface area contributed by atoms with Crippen molar-refractivity contribution < 1.29 is 14.0 Å². The summed E-state index contributed by atoms with van der Waals surface area (Å²) in [5.74, 6) is -0.225. The molecular formula is C20H24FN3O2S. The van der Waals surface area contributed by atoms with Gasteiger partial charge in [0.05, 0.1) is 12.2 Å². The zero-order chi connectivity index (χ0) is 19.2. The predicted molar refractivity (Wildman–Crippen MR) is 105 cm³/mol. The molecule has 0 aliphatic heterocycles. The standard InChI is InChI=1S/C20H24FN3O2S/c1-13-19(15-7-9-16(21)10-8-15)24-20(27-13)23-18(26)12-22-17(25)11-14-5-3-2-4-6-14/h7-10,14H,2-6,11-12H2,1H3,(H,22,25)(H,23,24,26). The second-order valence-electron chi connectivity index (χ2n) is 6.96. The summed E-state index contributed by atoms with van der Waals surface area (Å²) < 4.78 is 13.1. The van der Waals surface area contributed by atoms with Crippen LogP contribution in [0.3, 0.4) is 0 Å². The van der Waals surface area contributed by atoms with Crippen molar-refractivity contribution in [3.05, 3.63) is 35.0 Å². The van der Waals surface area contributed by atoms with Crippen LogP contribution in [0.4, 0.5) is 9.52 Å². The number of nitrogens with one attached hydrogen (secondary N) is 2. The molecule has 0 spiro atoms. The summed E-state index contributed by atoms with van der Waals surface area (Å²) >= 11 is 1.35. The minimum Gasteiger partial charge on any atom is -0.347 e. The Labute approximate surface area is 162 Å². The van der Waals surface area contributed by atoms with Crippen molar-refractivity contribution in [3.8, 4) is 11.3 Å². The van der Waals surface area contributed by atoms with Crippen molar-refractivity contribution in [2.45, 2.75) is 45.4 Å². The molecule has 1 aromatic heterocycles. The number of aromatic nitrogens is 1. The summed E-state index contributed by atoms with van der Waals surface area (Å²) in [4.78, 5) is 29.5. The minimum absolute atomic E-state index is 0.0595. The van der Waals surface area contributed by atoms with Gasteiger partial charge in [0, 0.05) is 16.9 Å². The van der Waals surface area contributed by atoms with Crippen LogP contribution in [-0.2, 0) is 9.59 Å². The number of carbonyl (C=O) groups is 2.